The van der Waals surface area contributed by atoms with Crippen LogP contribution in [0.4, 0.5) is 0 Å². The Labute approximate surface area is 290 Å². The highest BCUT2D eigenvalue weighted by Gasteiger charge is 2.35. The van der Waals surface area contributed by atoms with E-state index in [0.29, 0.717) is 43.9 Å². The van der Waals surface area contributed by atoms with Crippen molar-refractivity contribution in [2.75, 3.05) is 6.61 Å². The van der Waals surface area contributed by atoms with Gasteiger partial charge in [0.1, 0.15) is 12.4 Å². The van der Waals surface area contributed by atoms with Crippen molar-refractivity contribution in [2.45, 2.75) is 39.3 Å². The van der Waals surface area contributed by atoms with Crippen LogP contribution in [0, 0.1) is 0 Å². The molecule has 1 atom stereocenters. The number of fused-ring (bicyclic) bond motifs is 1. The second kappa shape index (κ2) is 14.3. The van der Waals surface area contributed by atoms with E-state index in [9.17, 15) is 9.59 Å². The number of carbonyl (C=O) groups is 1. The molecule has 2 heterocycles. The minimum Gasteiger partial charge on any atom is -0.488 e. The molecule has 9 heteroatoms. The molecule has 0 radical (unpaired) electrons. The molecule has 47 heavy (non-hydrogen) atoms. The summed E-state index contributed by atoms with van der Waals surface area (Å²) < 4.78 is 14.5. The van der Waals surface area contributed by atoms with Crippen molar-refractivity contribution in [1.82, 2.24) is 4.57 Å². The lowest BCUT2D eigenvalue weighted by Crippen LogP contribution is -2.40. The Kier molecular flexibility index (Phi) is 9.92. The van der Waals surface area contributed by atoms with Crippen molar-refractivity contribution < 1.29 is 14.3 Å². The Morgan fingerprint density at radius 2 is 1.74 bits per heavy atom. The van der Waals surface area contributed by atoms with Crippen LogP contribution >= 0.6 is 38.9 Å². The molecule has 6 nitrogen and oxygen atoms in total. The van der Waals surface area contributed by atoms with Crippen LogP contribution < -0.4 is 19.6 Å². The van der Waals surface area contributed by atoms with Crippen LogP contribution in [0.15, 0.2) is 117 Å². The van der Waals surface area contributed by atoms with E-state index in [1.54, 1.807) is 11.5 Å². The fourth-order valence-corrected chi connectivity index (χ4v) is 7.07. The second-order valence-electron chi connectivity index (χ2n) is 11.4. The van der Waals surface area contributed by atoms with Crippen LogP contribution in [0.5, 0.6) is 5.75 Å². The first kappa shape index (κ1) is 32.7. The van der Waals surface area contributed by atoms with E-state index in [-0.39, 0.29) is 12.2 Å². The van der Waals surface area contributed by atoms with Crippen molar-refractivity contribution in [3.8, 4) is 5.75 Å². The van der Waals surface area contributed by atoms with E-state index in [4.69, 9.17) is 26.1 Å². The lowest BCUT2D eigenvalue weighted by molar-refractivity contribution is -0.138. The van der Waals surface area contributed by atoms with Gasteiger partial charge in [-0.3, -0.25) is 9.36 Å². The minimum atomic E-state index is -0.723. The van der Waals surface area contributed by atoms with E-state index < -0.39 is 12.0 Å². The fraction of sp³-hybridized carbons (Fsp3) is 0.184. The van der Waals surface area contributed by atoms with Crippen LogP contribution in [-0.2, 0) is 16.1 Å². The SMILES string of the molecule is CCOC(=O)C1=C(c2ccccc2)N=c2s/c(=C\c3ccc(OCc4ccc(Cl)cc4)c(Br)c3)c(=O)n2[C@@H]1c1ccc(C(C)C)cc1. The number of nitrogens with zero attached hydrogens (tertiary/aromatic N) is 2. The number of rotatable bonds is 9. The number of hydrogen-bond donors (Lipinski definition) is 0. The van der Waals surface area contributed by atoms with E-state index in [0.717, 1.165) is 32.3 Å². The van der Waals surface area contributed by atoms with Crippen molar-refractivity contribution in [2.24, 2.45) is 4.99 Å². The predicted molar refractivity (Wildman–Crippen MR) is 192 cm³/mol. The van der Waals surface area contributed by atoms with E-state index >= 15 is 0 Å². The third-order valence-corrected chi connectivity index (χ3v) is 9.71. The van der Waals surface area contributed by atoms with Crippen LogP contribution in [-0.4, -0.2) is 17.1 Å². The Bertz CT molecular complexity index is 2140. The number of benzene rings is 4. The molecule has 0 amide bonds. The quantitative estimate of drug-likeness (QED) is 0.144. The van der Waals surface area contributed by atoms with Crippen molar-refractivity contribution in [3.63, 3.8) is 0 Å². The van der Waals surface area contributed by atoms with Crippen molar-refractivity contribution in [3.05, 3.63) is 160 Å². The summed E-state index contributed by atoms with van der Waals surface area (Å²) in [7, 11) is 0. The average molecular weight is 728 g/mol. The maximum absolute atomic E-state index is 14.2. The molecular weight excluding hydrogens is 696 g/mol. The number of esters is 1. The molecule has 0 fully saturated rings. The Hall–Kier alpha value is -4.24. The van der Waals surface area contributed by atoms with Crippen LogP contribution in [0.1, 0.15) is 60.5 Å². The highest BCUT2D eigenvalue weighted by molar-refractivity contribution is 9.10. The summed E-state index contributed by atoms with van der Waals surface area (Å²) in [6, 6.07) is 30.1. The Morgan fingerprint density at radius 3 is 2.40 bits per heavy atom. The monoisotopic (exact) mass is 726 g/mol. The largest absolute Gasteiger partial charge is 0.488 e. The minimum absolute atomic E-state index is 0.197. The molecule has 0 saturated carbocycles. The van der Waals surface area contributed by atoms with Gasteiger partial charge in [0.05, 0.1) is 32.9 Å². The summed E-state index contributed by atoms with van der Waals surface area (Å²) in [5.74, 6) is 0.509. The fourth-order valence-electron chi connectivity index (χ4n) is 5.44. The van der Waals surface area contributed by atoms with Crippen molar-refractivity contribution in [1.29, 1.82) is 0 Å². The molecule has 0 N–H and O–H groups in total. The number of ether oxygens (including phenoxy) is 2. The molecule has 1 aliphatic heterocycles. The second-order valence-corrected chi connectivity index (χ2v) is 13.7. The maximum atomic E-state index is 14.2. The van der Waals surface area contributed by atoms with Crippen LogP contribution in [0.25, 0.3) is 11.8 Å². The molecule has 1 aromatic heterocycles. The predicted octanol–water partition coefficient (Wildman–Crippen LogP) is 8.05. The van der Waals surface area contributed by atoms with Gasteiger partial charge in [0, 0.05) is 10.6 Å². The number of carbonyl (C=O) groups excluding carboxylic acids is 1. The van der Waals surface area contributed by atoms with Crippen molar-refractivity contribution >= 4 is 56.6 Å². The Balaban J connectivity index is 1.45. The number of thiazole rings is 1. The summed E-state index contributed by atoms with van der Waals surface area (Å²) >= 11 is 10.9. The van der Waals surface area contributed by atoms with Gasteiger partial charge in [-0.2, -0.15) is 0 Å². The summed E-state index contributed by atoms with van der Waals surface area (Å²) in [5.41, 5.74) is 5.15. The van der Waals surface area contributed by atoms with Gasteiger partial charge in [0.25, 0.3) is 5.56 Å². The van der Waals surface area contributed by atoms with Gasteiger partial charge in [-0.25, -0.2) is 9.79 Å². The summed E-state index contributed by atoms with van der Waals surface area (Å²) in [5, 5.41) is 0.674. The first-order valence-electron chi connectivity index (χ1n) is 15.3. The third kappa shape index (κ3) is 7.05. The zero-order chi connectivity index (χ0) is 33.1. The highest BCUT2D eigenvalue weighted by atomic mass is 79.9. The van der Waals surface area contributed by atoms with Gasteiger partial charge < -0.3 is 9.47 Å². The lowest BCUT2D eigenvalue weighted by Gasteiger charge is -2.26. The topological polar surface area (TPSA) is 69.9 Å². The van der Waals surface area contributed by atoms with Gasteiger partial charge in [0.2, 0.25) is 0 Å². The molecule has 5 aromatic rings. The van der Waals surface area contributed by atoms with Gasteiger partial charge >= 0.3 is 5.97 Å². The van der Waals surface area contributed by atoms with Gasteiger partial charge in [0.15, 0.2) is 4.80 Å². The average Bonchev–Trinajstić information content (AvgIpc) is 3.38. The first-order valence-corrected chi connectivity index (χ1v) is 17.3. The van der Waals surface area contributed by atoms with E-state index in [2.05, 4.69) is 41.9 Å². The summed E-state index contributed by atoms with van der Waals surface area (Å²) in [6.07, 6.45) is 1.84. The molecular formula is C38H32BrClN2O4S. The molecule has 0 aliphatic carbocycles. The maximum Gasteiger partial charge on any atom is 0.338 e. The van der Waals surface area contributed by atoms with Crippen LogP contribution in [0.2, 0.25) is 5.02 Å². The molecule has 0 bridgehead atoms. The molecule has 1 aliphatic rings. The molecule has 4 aromatic carbocycles. The van der Waals surface area contributed by atoms with Gasteiger partial charge in [-0.1, -0.05) is 110 Å². The standard InChI is InChI=1S/C38H32BrClN2O4S/c1-4-45-37(44)33-34(27-8-6-5-7-9-27)41-38-42(35(33)28-15-13-26(14-16-28)23(2)3)36(43)32(47-38)21-25-12-19-31(30(39)20-25)46-22-24-10-17-29(40)18-11-24/h5-21,23,35H,4,22H2,1-3H3/b32-21-/t35-/m1/s1. The summed E-state index contributed by atoms with van der Waals surface area (Å²) in [6.45, 7) is 6.62. The van der Waals surface area contributed by atoms with E-state index in [1.807, 2.05) is 91.0 Å². The van der Waals surface area contributed by atoms with Gasteiger partial charge in [-0.05, 0) is 81.4 Å². The lowest BCUT2D eigenvalue weighted by atomic mass is 9.91. The third-order valence-electron chi connectivity index (χ3n) is 7.85. The highest BCUT2D eigenvalue weighted by Crippen LogP contribution is 2.36. The van der Waals surface area contributed by atoms with Crippen LogP contribution in [0.3, 0.4) is 0 Å². The molecule has 0 unspecified atom stereocenters. The molecule has 0 saturated heterocycles. The zero-order valence-corrected chi connectivity index (χ0v) is 29.2. The smallest absolute Gasteiger partial charge is 0.338 e. The Morgan fingerprint density at radius 1 is 1.02 bits per heavy atom. The van der Waals surface area contributed by atoms with Gasteiger partial charge in [-0.15, -0.1) is 0 Å². The normalized spacial score (nSPS) is 14.6. The molecule has 238 valence electrons. The zero-order valence-electron chi connectivity index (χ0n) is 26.1. The molecule has 0 spiro atoms. The summed E-state index contributed by atoms with van der Waals surface area (Å²) in [4.78, 5) is 33.4. The van der Waals surface area contributed by atoms with E-state index in [1.165, 1.54) is 11.3 Å². The number of aromatic nitrogens is 1. The molecule has 6 rings (SSSR count). The number of hydrogen-bond acceptors (Lipinski definition) is 6. The number of halogens is 2. The first-order chi connectivity index (χ1) is 22.7.